The quantitative estimate of drug-likeness (QED) is 0.601. The zero-order valence-corrected chi connectivity index (χ0v) is 20.3. The summed E-state index contributed by atoms with van der Waals surface area (Å²) in [4.78, 5) is 29.6. The van der Waals surface area contributed by atoms with Crippen LogP contribution in [0.1, 0.15) is 30.9 Å². The van der Waals surface area contributed by atoms with Gasteiger partial charge < -0.3 is 14.5 Å². The van der Waals surface area contributed by atoms with Gasteiger partial charge in [-0.15, -0.1) is 0 Å². The van der Waals surface area contributed by atoms with Crippen molar-refractivity contribution in [3.05, 3.63) is 59.7 Å². The van der Waals surface area contributed by atoms with Crippen molar-refractivity contribution in [2.24, 2.45) is 0 Å². The van der Waals surface area contributed by atoms with E-state index in [0.717, 1.165) is 11.1 Å². The van der Waals surface area contributed by atoms with Crippen molar-refractivity contribution < 1.29 is 22.7 Å². The van der Waals surface area contributed by atoms with E-state index >= 15 is 0 Å². The minimum Gasteiger partial charge on any atom is -0.379 e. The molecule has 0 aliphatic carbocycles. The number of aryl methyl sites for hydroxylation is 1. The third kappa shape index (κ3) is 5.32. The Balaban J connectivity index is 1.57. The van der Waals surface area contributed by atoms with E-state index in [9.17, 15) is 18.0 Å². The Morgan fingerprint density at radius 3 is 2.50 bits per heavy atom. The van der Waals surface area contributed by atoms with E-state index in [1.54, 1.807) is 23.1 Å². The molecule has 0 radical (unpaired) electrons. The smallest absolute Gasteiger partial charge is 0.243 e. The Hall–Kier alpha value is -2.75. The van der Waals surface area contributed by atoms with Gasteiger partial charge in [0.05, 0.1) is 18.1 Å². The van der Waals surface area contributed by atoms with Gasteiger partial charge in [0.1, 0.15) is 6.54 Å². The average Bonchev–Trinajstić information content (AvgIpc) is 3.01. The standard InChI is InChI=1S/C25H31N3O5S/c1-2-26(18-20-7-4-3-5-8-20)25(30)19-28-23-12-11-22(17-21(23)9-6-10-24(28)29)34(31,32)27-13-15-33-16-14-27/h3-5,7-8,11-12,17H,2,6,9-10,13-16,18-19H2,1H3. The highest BCUT2D eigenvalue weighted by molar-refractivity contribution is 7.89. The second-order valence-corrected chi connectivity index (χ2v) is 10.5. The SMILES string of the molecule is CCN(Cc1ccccc1)C(=O)CN1C(=O)CCCc2cc(S(=O)(=O)N3CCOCC3)ccc21. The van der Waals surface area contributed by atoms with Crippen molar-refractivity contribution in [3.63, 3.8) is 0 Å². The predicted molar refractivity (Wildman–Crippen MR) is 129 cm³/mol. The molecule has 1 fully saturated rings. The number of hydrogen-bond donors (Lipinski definition) is 0. The van der Waals surface area contributed by atoms with Crippen LogP contribution in [-0.2, 0) is 37.3 Å². The first-order valence-corrected chi connectivity index (χ1v) is 13.2. The Labute approximate surface area is 201 Å². The third-order valence-electron chi connectivity index (χ3n) is 6.33. The Morgan fingerprint density at radius 1 is 1.06 bits per heavy atom. The summed E-state index contributed by atoms with van der Waals surface area (Å²) in [6.07, 6.45) is 1.51. The van der Waals surface area contributed by atoms with E-state index in [1.165, 1.54) is 9.21 Å². The molecule has 2 aromatic carbocycles. The fourth-order valence-electron chi connectivity index (χ4n) is 4.41. The topological polar surface area (TPSA) is 87.2 Å². The number of benzene rings is 2. The summed E-state index contributed by atoms with van der Waals surface area (Å²) >= 11 is 0. The second kappa shape index (κ2) is 10.7. The van der Waals surface area contributed by atoms with Crippen molar-refractivity contribution >= 4 is 27.5 Å². The summed E-state index contributed by atoms with van der Waals surface area (Å²) in [6, 6.07) is 14.6. The molecule has 0 aromatic heterocycles. The average molecular weight is 486 g/mol. The molecule has 0 saturated carbocycles. The number of hydrogen-bond acceptors (Lipinski definition) is 5. The largest absolute Gasteiger partial charge is 0.379 e. The molecule has 182 valence electrons. The van der Waals surface area contributed by atoms with Gasteiger partial charge in [0.15, 0.2) is 0 Å². The van der Waals surface area contributed by atoms with Crippen LogP contribution < -0.4 is 4.90 Å². The van der Waals surface area contributed by atoms with Crippen LogP contribution in [0.2, 0.25) is 0 Å². The molecule has 2 aliphatic heterocycles. The first kappa shape index (κ1) is 24.4. The zero-order chi connectivity index (χ0) is 24.1. The minimum absolute atomic E-state index is 0.0674. The van der Waals surface area contributed by atoms with E-state index in [4.69, 9.17) is 4.74 Å². The lowest BCUT2D eigenvalue weighted by atomic mass is 10.1. The number of ether oxygens (including phenoxy) is 1. The van der Waals surface area contributed by atoms with Crippen LogP contribution in [-0.4, -0.2) is 68.8 Å². The van der Waals surface area contributed by atoms with Crippen molar-refractivity contribution in [2.45, 2.75) is 37.6 Å². The van der Waals surface area contributed by atoms with Crippen molar-refractivity contribution in [2.75, 3.05) is 44.3 Å². The summed E-state index contributed by atoms with van der Waals surface area (Å²) < 4.78 is 32.9. The van der Waals surface area contributed by atoms with E-state index in [0.29, 0.717) is 64.3 Å². The zero-order valence-electron chi connectivity index (χ0n) is 19.5. The Kier molecular flexibility index (Phi) is 7.65. The van der Waals surface area contributed by atoms with Crippen LogP contribution in [0.15, 0.2) is 53.4 Å². The molecule has 8 nitrogen and oxygen atoms in total. The monoisotopic (exact) mass is 485 g/mol. The third-order valence-corrected chi connectivity index (χ3v) is 8.23. The highest BCUT2D eigenvalue weighted by Crippen LogP contribution is 2.30. The summed E-state index contributed by atoms with van der Waals surface area (Å²) in [5, 5.41) is 0. The summed E-state index contributed by atoms with van der Waals surface area (Å²) in [5.74, 6) is -0.260. The lowest BCUT2D eigenvalue weighted by Crippen LogP contribution is -2.42. The Morgan fingerprint density at radius 2 is 1.79 bits per heavy atom. The first-order chi connectivity index (χ1) is 16.4. The van der Waals surface area contributed by atoms with Crippen LogP contribution in [0, 0.1) is 0 Å². The lowest BCUT2D eigenvalue weighted by Gasteiger charge is -2.28. The second-order valence-electron chi connectivity index (χ2n) is 8.53. The van der Waals surface area contributed by atoms with Crippen molar-refractivity contribution in [1.82, 2.24) is 9.21 Å². The van der Waals surface area contributed by atoms with Gasteiger partial charge in [-0.05, 0) is 49.1 Å². The number of morpholine rings is 1. The van der Waals surface area contributed by atoms with Crippen LogP contribution in [0.3, 0.4) is 0 Å². The molecule has 0 spiro atoms. The van der Waals surface area contributed by atoms with Crippen LogP contribution >= 0.6 is 0 Å². The molecule has 0 bridgehead atoms. The molecule has 2 heterocycles. The van der Waals surface area contributed by atoms with Gasteiger partial charge in [-0.25, -0.2) is 8.42 Å². The van der Waals surface area contributed by atoms with Gasteiger partial charge >= 0.3 is 0 Å². The Bertz CT molecular complexity index is 1130. The predicted octanol–water partition coefficient (Wildman–Crippen LogP) is 2.43. The maximum absolute atomic E-state index is 13.2. The number of likely N-dealkylation sites (N-methyl/N-ethyl adjacent to an activating group) is 1. The molecule has 2 aromatic rings. The molecule has 0 atom stereocenters. The number of anilines is 1. The van der Waals surface area contributed by atoms with Crippen molar-refractivity contribution in [1.29, 1.82) is 0 Å². The van der Waals surface area contributed by atoms with Gasteiger partial charge in [-0.3, -0.25) is 9.59 Å². The van der Waals surface area contributed by atoms with Gasteiger partial charge in [-0.1, -0.05) is 30.3 Å². The molecule has 0 N–H and O–H groups in total. The molecule has 2 amide bonds. The fraction of sp³-hybridized carbons (Fsp3) is 0.440. The first-order valence-electron chi connectivity index (χ1n) is 11.7. The molecule has 2 aliphatic rings. The number of sulfonamides is 1. The number of carbonyl (C=O) groups excluding carboxylic acids is 2. The highest BCUT2D eigenvalue weighted by atomic mass is 32.2. The summed E-state index contributed by atoms with van der Waals surface area (Å²) in [5.41, 5.74) is 2.42. The normalized spacial score (nSPS) is 17.2. The van der Waals surface area contributed by atoms with E-state index in [-0.39, 0.29) is 23.3 Å². The number of amides is 2. The lowest BCUT2D eigenvalue weighted by molar-refractivity contribution is -0.131. The van der Waals surface area contributed by atoms with E-state index < -0.39 is 10.0 Å². The number of carbonyl (C=O) groups is 2. The highest BCUT2D eigenvalue weighted by Gasteiger charge is 2.30. The fourth-order valence-corrected chi connectivity index (χ4v) is 5.87. The van der Waals surface area contributed by atoms with Crippen LogP contribution in [0.25, 0.3) is 0 Å². The van der Waals surface area contributed by atoms with Gasteiger partial charge in [-0.2, -0.15) is 4.31 Å². The summed E-state index contributed by atoms with van der Waals surface area (Å²) in [7, 11) is -3.64. The molecular weight excluding hydrogens is 454 g/mol. The van der Waals surface area contributed by atoms with Crippen LogP contribution in [0.4, 0.5) is 5.69 Å². The molecular formula is C25H31N3O5S. The van der Waals surface area contributed by atoms with Gasteiger partial charge in [0, 0.05) is 38.3 Å². The van der Waals surface area contributed by atoms with E-state index in [1.807, 2.05) is 37.3 Å². The van der Waals surface area contributed by atoms with Crippen LogP contribution in [0.5, 0.6) is 0 Å². The number of rotatable bonds is 7. The maximum atomic E-state index is 13.2. The molecule has 34 heavy (non-hydrogen) atoms. The van der Waals surface area contributed by atoms with E-state index in [2.05, 4.69) is 0 Å². The molecule has 0 unspecified atom stereocenters. The van der Waals surface area contributed by atoms with Crippen molar-refractivity contribution in [3.8, 4) is 0 Å². The maximum Gasteiger partial charge on any atom is 0.243 e. The minimum atomic E-state index is -3.64. The molecule has 4 rings (SSSR count). The number of fused-ring (bicyclic) bond motifs is 1. The summed E-state index contributed by atoms with van der Waals surface area (Å²) in [6.45, 7) is 4.27. The molecule has 1 saturated heterocycles. The van der Waals surface area contributed by atoms with Gasteiger partial charge in [0.2, 0.25) is 21.8 Å². The van der Waals surface area contributed by atoms with Gasteiger partial charge in [0.25, 0.3) is 0 Å². The molecule has 9 heteroatoms. The number of nitrogens with zero attached hydrogens (tertiary/aromatic N) is 3.